The van der Waals surface area contributed by atoms with E-state index in [4.69, 9.17) is 11.6 Å². The third kappa shape index (κ3) is 3.18. The Hall–Kier alpha value is -0.180. The number of hydrogen-bond acceptors (Lipinski definition) is 5. The van der Waals surface area contributed by atoms with Crippen molar-refractivity contribution in [2.45, 2.75) is 29.7 Å². The lowest BCUT2D eigenvalue weighted by atomic mass is 10.2. The van der Waals surface area contributed by atoms with Gasteiger partial charge in [0.05, 0.1) is 10.4 Å². The molecular formula is C12H19ClN2O3S2. The lowest BCUT2D eigenvalue weighted by Crippen LogP contribution is -2.41. The average Bonchev–Trinajstić information content (AvgIpc) is 2.83. The molecule has 20 heavy (non-hydrogen) atoms. The predicted octanol–water partition coefficient (Wildman–Crippen LogP) is 1.40. The predicted molar refractivity (Wildman–Crippen MR) is 80.9 cm³/mol. The second kappa shape index (κ2) is 5.90. The van der Waals surface area contributed by atoms with Crippen molar-refractivity contribution in [1.82, 2.24) is 9.21 Å². The van der Waals surface area contributed by atoms with Crippen molar-refractivity contribution in [3.8, 4) is 0 Å². The van der Waals surface area contributed by atoms with Gasteiger partial charge in [0.2, 0.25) is 0 Å². The van der Waals surface area contributed by atoms with Crippen LogP contribution in [-0.4, -0.2) is 62.1 Å². The Kier molecular flexibility index (Phi) is 4.78. The number of hydrogen-bond donors (Lipinski definition) is 1. The molecule has 2 atom stereocenters. The SMILES string of the molecule is Cc1cc(S(=O)(=O)N2CC(O)CC2CN(C)C)sc1Cl. The summed E-state index contributed by atoms with van der Waals surface area (Å²) in [5, 5.41) is 9.81. The highest BCUT2D eigenvalue weighted by Gasteiger charge is 2.40. The van der Waals surface area contributed by atoms with E-state index >= 15 is 0 Å². The lowest BCUT2D eigenvalue weighted by Gasteiger charge is -2.25. The van der Waals surface area contributed by atoms with Crippen LogP contribution in [0.2, 0.25) is 4.34 Å². The van der Waals surface area contributed by atoms with E-state index in [2.05, 4.69) is 0 Å². The fourth-order valence-corrected chi connectivity index (χ4v) is 5.92. The monoisotopic (exact) mass is 338 g/mol. The Balaban J connectivity index is 2.32. The van der Waals surface area contributed by atoms with Gasteiger partial charge in [0.25, 0.3) is 10.0 Å². The molecule has 2 unspecified atom stereocenters. The Morgan fingerprint density at radius 3 is 2.70 bits per heavy atom. The molecule has 2 rings (SSSR count). The summed E-state index contributed by atoms with van der Waals surface area (Å²) in [6.45, 7) is 2.53. The zero-order valence-corrected chi connectivity index (χ0v) is 14.1. The molecule has 1 N–H and O–H groups in total. The van der Waals surface area contributed by atoms with Crippen LogP contribution in [0.4, 0.5) is 0 Å². The van der Waals surface area contributed by atoms with Gasteiger partial charge in [0, 0.05) is 19.1 Å². The molecule has 1 saturated heterocycles. The van der Waals surface area contributed by atoms with Crippen LogP contribution in [0.15, 0.2) is 10.3 Å². The van der Waals surface area contributed by atoms with E-state index in [9.17, 15) is 13.5 Å². The van der Waals surface area contributed by atoms with Gasteiger partial charge < -0.3 is 10.0 Å². The van der Waals surface area contributed by atoms with Crippen LogP contribution in [0.1, 0.15) is 12.0 Å². The number of rotatable bonds is 4. The number of aliphatic hydroxyl groups is 1. The molecule has 8 heteroatoms. The van der Waals surface area contributed by atoms with E-state index in [1.54, 1.807) is 13.0 Å². The van der Waals surface area contributed by atoms with E-state index in [0.29, 0.717) is 17.3 Å². The maximum absolute atomic E-state index is 12.7. The first kappa shape index (κ1) is 16.2. The maximum Gasteiger partial charge on any atom is 0.252 e. The minimum Gasteiger partial charge on any atom is -0.392 e. The summed E-state index contributed by atoms with van der Waals surface area (Å²) in [5.41, 5.74) is 0.763. The molecule has 1 aromatic rings. The highest BCUT2D eigenvalue weighted by Crippen LogP contribution is 2.34. The number of thiophene rings is 1. The van der Waals surface area contributed by atoms with Gasteiger partial charge in [-0.3, -0.25) is 0 Å². The van der Waals surface area contributed by atoms with Crippen LogP contribution in [0.25, 0.3) is 0 Å². The molecule has 0 saturated carbocycles. The number of sulfonamides is 1. The Morgan fingerprint density at radius 2 is 2.20 bits per heavy atom. The van der Waals surface area contributed by atoms with Crippen LogP contribution in [0, 0.1) is 6.92 Å². The minimum absolute atomic E-state index is 0.148. The molecule has 0 spiro atoms. The van der Waals surface area contributed by atoms with Crippen molar-refractivity contribution in [2.75, 3.05) is 27.2 Å². The molecule has 5 nitrogen and oxygen atoms in total. The first-order valence-electron chi connectivity index (χ1n) is 6.32. The summed E-state index contributed by atoms with van der Waals surface area (Å²) >= 11 is 7.04. The van der Waals surface area contributed by atoms with Gasteiger partial charge in [-0.15, -0.1) is 11.3 Å². The molecule has 114 valence electrons. The minimum atomic E-state index is -3.59. The van der Waals surface area contributed by atoms with Gasteiger partial charge in [-0.05, 0) is 39.1 Å². The van der Waals surface area contributed by atoms with Gasteiger partial charge in [0.15, 0.2) is 0 Å². The van der Waals surface area contributed by atoms with Crippen LogP contribution in [-0.2, 0) is 10.0 Å². The Labute approximate surface area is 128 Å². The quantitative estimate of drug-likeness (QED) is 0.901. The number of β-amino-alcohol motifs (C(OH)–C–C–N with tert-alkyl or cyclic N) is 1. The van der Waals surface area contributed by atoms with Crippen molar-refractivity contribution >= 4 is 33.0 Å². The van der Waals surface area contributed by atoms with Gasteiger partial charge in [-0.1, -0.05) is 11.6 Å². The molecule has 2 heterocycles. The van der Waals surface area contributed by atoms with Gasteiger partial charge in [-0.25, -0.2) is 8.42 Å². The third-order valence-electron chi connectivity index (χ3n) is 3.32. The number of halogens is 1. The summed E-state index contributed by atoms with van der Waals surface area (Å²) in [4.78, 5) is 1.93. The zero-order chi connectivity index (χ0) is 15.1. The van der Waals surface area contributed by atoms with Crippen molar-refractivity contribution in [3.05, 3.63) is 16.0 Å². The second-order valence-electron chi connectivity index (χ2n) is 5.40. The normalized spacial score (nSPS) is 24.7. The topological polar surface area (TPSA) is 60.9 Å². The number of aryl methyl sites for hydroxylation is 1. The van der Waals surface area contributed by atoms with E-state index in [0.717, 1.165) is 16.9 Å². The van der Waals surface area contributed by atoms with Gasteiger partial charge in [0.1, 0.15) is 4.21 Å². The fraction of sp³-hybridized carbons (Fsp3) is 0.667. The zero-order valence-electron chi connectivity index (χ0n) is 11.7. The van der Waals surface area contributed by atoms with E-state index in [-0.39, 0.29) is 16.8 Å². The molecule has 1 aromatic heterocycles. The summed E-state index contributed by atoms with van der Waals surface area (Å²) in [6.07, 6.45) is -0.138. The van der Waals surface area contributed by atoms with Crippen molar-refractivity contribution in [2.24, 2.45) is 0 Å². The van der Waals surface area contributed by atoms with E-state index in [1.165, 1.54) is 4.31 Å². The van der Waals surface area contributed by atoms with Crippen LogP contribution in [0.5, 0.6) is 0 Å². The molecule has 0 radical (unpaired) electrons. The van der Waals surface area contributed by atoms with E-state index < -0.39 is 16.1 Å². The maximum atomic E-state index is 12.7. The van der Waals surface area contributed by atoms with Gasteiger partial charge in [-0.2, -0.15) is 4.31 Å². The average molecular weight is 339 g/mol. The third-order valence-corrected chi connectivity index (χ3v) is 7.24. The Morgan fingerprint density at radius 1 is 1.55 bits per heavy atom. The molecule has 1 fully saturated rings. The first-order chi connectivity index (χ1) is 9.21. The van der Waals surface area contributed by atoms with Crippen molar-refractivity contribution < 1.29 is 13.5 Å². The Bertz CT molecular complexity index is 566. The summed E-state index contributed by atoms with van der Waals surface area (Å²) in [6, 6.07) is 1.39. The largest absolute Gasteiger partial charge is 0.392 e. The smallest absolute Gasteiger partial charge is 0.252 e. The molecule has 0 bridgehead atoms. The molecule has 1 aliphatic heterocycles. The highest BCUT2D eigenvalue weighted by atomic mass is 35.5. The van der Waals surface area contributed by atoms with Crippen LogP contribution < -0.4 is 0 Å². The summed E-state index contributed by atoms with van der Waals surface area (Å²) < 4.78 is 27.5. The first-order valence-corrected chi connectivity index (χ1v) is 8.96. The molecule has 0 aliphatic carbocycles. The van der Waals surface area contributed by atoms with Crippen LogP contribution >= 0.6 is 22.9 Å². The summed E-state index contributed by atoms with van der Waals surface area (Å²) in [5.74, 6) is 0. The van der Waals surface area contributed by atoms with Crippen molar-refractivity contribution in [3.63, 3.8) is 0 Å². The van der Waals surface area contributed by atoms with Crippen LogP contribution in [0.3, 0.4) is 0 Å². The molecule has 0 aromatic carbocycles. The lowest BCUT2D eigenvalue weighted by molar-refractivity contribution is 0.188. The highest BCUT2D eigenvalue weighted by molar-refractivity contribution is 7.91. The summed E-state index contributed by atoms with van der Waals surface area (Å²) in [7, 11) is 0.194. The van der Waals surface area contributed by atoms with Crippen molar-refractivity contribution in [1.29, 1.82) is 0 Å². The molecule has 1 aliphatic rings. The van der Waals surface area contributed by atoms with Gasteiger partial charge >= 0.3 is 0 Å². The standard InChI is InChI=1S/C12H19ClN2O3S2/c1-8-4-11(19-12(8)13)20(17,18)15-7-10(16)5-9(15)6-14(2)3/h4,9-10,16H,5-7H2,1-3H3. The fourth-order valence-electron chi connectivity index (χ4n) is 2.42. The second-order valence-corrected chi connectivity index (χ2v) is 9.17. The van der Waals surface area contributed by atoms with E-state index in [1.807, 2.05) is 19.0 Å². The molecular weight excluding hydrogens is 320 g/mol. The number of nitrogens with zero attached hydrogens (tertiary/aromatic N) is 2. The molecule has 0 amide bonds. The number of likely N-dealkylation sites (N-methyl/N-ethyl adjacent to an activating group) is 1. The number of aliphatic hydroxyl groups excluding tert-OH is 1.